The SMILES string of the molecule is CC1(C)CCC(Oc2nc(NN)ccc2[N+](=O)[O-])CC1. The van der Waals surface area contributed by atoms with Gasteiger partial charge in [-0.25, -0.2) is 5.84 Å². The van der Waals surface area contributed by atoms with Crippen molar-refractivity contribution < 1.29 is 9.66 Å². The monoisotopic (exact) mass is 280 g/mol. The van der Waals surface area contributed by atoms with E-state index in [0.717, 1.165) is 25.7 Å². The molecule has 1 aromatic heterocycles. The van der Waals surface area contributed by atoms with Crippen LogP contribution in [0.2, 0.25) is 0 Å². The first kappa shape index (κ1) is 14.5. The first-order chi connectivity index (χ1) is 9.41. The topological polar surface area (TPSA) is 103 Å². The third kappa shape index (κ3) is 3.36. The molecule has 0 spiro atoms. The van der Waals surface area contributed by atoms with Gasteiger partial charge in [0.25, 0.3) is 5.88 Å². The molecule has 1 fully saturated rings. The number of nitrogen functional groups attached to an aromatic ring is 1. The van der Waals surface area contributed by atoms with E-state index in [1.807, 2.05) is 0 Å². The molecule has 0 amide bonds. The van der Waals surface area contributed by atoms with Gasteiger partial charge in [-0.15, -0.1) is 0 Å². The maximum absolute atomic E-state index is 11.0. The first-order valence-electron chi connectivity index (χ1n) is 6.70. The Labute approximate surface area is 117 Å². The zero-order valence-electron chi connectivity index (χ0n) is 11.8. The van der Waals surface area contributed by atoms with Gasteiger partial charge in [0.05, 0.1) is 4.92 Å². The van der Waals surface area contributed by atoms with Crippen molar-refractivity contribution in [1.82, 2.24) is 4.98 Å². The normalized spacial score (nSPS) is 18.6. The molecule has 110 valence electrons. The minimum atomic E-state index is -0.491. The number of hydrogen-bond donors (Lipinski definition) is 2. The van der Waals surface area contributed by atoms with Gasteiger partial charge in [-0.3, -0.25) is 10.1 Å². The van der Waals surface area contributed by atoms with Gasteiger partial charge in [0.1, 0.15) is 11.9 Å². The van der Waals surface area contributed by atoms with E-state index < -0.39 is 4.92 Å². The van der Waals surface area contributed by atoms with E-state index in [1.54, 1.807) is 0 Å². The van der Waals surface area contributed by atoms with Crippen LogP contribution in [0.3, 0.4) is 0 Å². The molecule has 1 aliphatic carbocycles. The molecule has 1 aliphatic rings. The fourth-order valence-electron chi connectivity index (χ4n) is 2.39. The number of rotatable bonds is 4. The van der Waals surface area contributed by atoms with Crippen molar-refractivity contribution in [3.05, 3.63) is 22.2 Å². The van der Waals surface area contributed by atoms with Crippen molar-refractivity contribution in [2.24, 2.45) is 11.3 Å². The van der Waals surface area contributed by atoms with Crippen LogP contribution in [0.1, 0.15) is 39.5 Å². The van der Waals surface area contributed by atoms with Gasteiger partial charge < -0.3 is 10.2 Å². The summed E-state index contributed by atoms with van der Waals surface area (Å²) in [7, 11) is 0. The van der Waals surface area contributed by atoms with Crippen LogP contribution in [0.5, 0.6) is 5.88 Å². The zero-order chi connectivity index (χ0) is 14.8. The van der Waals surface area contributed by atoms with Crippen molar-refractivity contribution in [2.75, 3.05) is 5.43 Å². The number of anilines is 1. The second-order valence-electron chi connectivity index (χ2n) is 5.90. The van der Waals surface area contributed by atoms with Crippen molar-refractivity contribution in [3.63, 3.8) is 0 Å². The minimum absolute atomic E-state index is 0.0257. The van der Waals surface area contributed by atoms with Crippen LogP contribution in [0.15, 0.2) is 12.1 Å². The number of nitrogens with one attached hydrogen (secondary N) is 1. The van der Waals surface area contributed by atoms with Crippen LogP contribution in [0.4, 0.5) is 11.5 Å². The predicted octanol–water partition coefficient (Wildman–Crippen LogP) is 2.62. The summed E-state index contributed by atoms with van der Waals surface area (Å²) in [5, 5.41) is 11.0. The molecule has 7 heteroatoms. The molecule has 3 N–H and O–H groups in total. The molecule has 2 rings (SSSR count). The van der Waals surface area contributed by atoms with Crippen LogP contribution in [0.25, 0.3) is 0 Å². The summed E-state index contributed by atoms with van der Waals surface area (Å²) < 4.78 is 5.74. The highest BCUT2D eigenvalue weighted by atomic mass is 16.6. The van der Waals surface area contributed by atoms with Gasteiger partial charge in [-0.2, -0.15) is 4.98 Å². The number of hydrogen-bond acceptors (Lipinski definition) is 6. The first-order valence-corrected chi connectivity index (χ1v) is 6.70. The third-order valence-corrected chi connectivity index (χ3v) is 3.75. The number of nitro groups is 1. The minimum Gasteiger partial charge on any atom is -0.469 e. The molecule has 7 nitrogen and oxygen atoms in total. The average Bonchev–Trinajstić information content (AvgIpc) is 2.40. The van der Waals surface area contributed by atoms with Crippen molar-refractivity contribution in [2.45, 2.75) is 45.6 Å². The molecular weight excluding hydrogens is 260 g/mol. The number of pyridine rings is 1. The smallest absolute Gasteiger partial charge is 0.331 e. The Kier molecular flexibility index (Phi) is 4.08. The molecule has 1 heterocycles. The highest BCUT2D eigenvalue weighted by Crippen LogP contribution is 2.37. The molecule has 0 aliphatic heterocycles. The maximum atomic E-state index is 11.0. The highest BCUT2D eigenvalue weighted by molar-refractivity contribution is 5.48. The second kappa shape index (κ2) is 5.62. The number of hydrazine groups is 1. The third-order valence-electron chi connectivity index (χ3n) is 3.75. The molecular formula is C13H20N4O3. The summed E-state index contributed by atoms with van der Waals surface area (Å²) in [5.41, 5.74) is 2.56. The van der Waals surface area contributed by atoms with Gasteiger partial charge in [0.2, 0.25) is 0 Å². The number of nitrogens with zero attached hydrogens (tertiary/aromatic N) is 2. The number of ether oxygens (including phenoxy) is 1. The lowest BCUT2D eigenvalue weighted by atomic mass is 9.76. The van der Waals surface area contributed by atoms with Crippen LogP contribution in [0, 0.1) is 15.5 Å². The summed E-state index contributed by atoms with van der Waals surface area (Å²) in [6.07, 6.45) is 3.82. The summed E-state index contributed by atoms with van der Waals surface area (Å²) in [5.74, 6) is 5.66. The standard InChI is InChI=1S/C13H20N4O3/c1-13(2)7-5-9(6-8-13)20-12-10(17(18)19)3-4-11(15-12)16-14/h3-4,9H,5-8,14H2,1-2H3,(H,15,16). The summed E-state index contributed by atoms with van der Waals surface area (Å²) in [6.45, 7) is 4.45. The van der Waals surface area contributed by atoms with E-state index >= 15 is 0 Å². The van der Waals surface area contributed by atoms with E-state index in [4.69, 9.17) is 10.6 Å². The van der Waals surface area contributed by atoms with Crippen molar-refractivity contribution >= 4 is 11.5 Å². The van der Waals surface area contributed by atoms with Crippen LogP contribution < -0.4 is 16.0 Å². The van der Waals surface area contributed by atoms with Gasteiger partial charge in [-0.05, 0) is 37.2 Å². The summed E-state index contributed by atoms with van der Waals surface area (Å²) >= 11 is 0. The maximum Gasteiger partial charge on any atom is 0.331 e. The van der Waals surface area contributed by atoms with Gasteiger partial charge in [0, 0.05) is 6.07 Å². The molecule has 0 atom stereocenters. The fraction of sp³-hybridized carbons (Fsp3) is 0.615. The number of aromatic nitrogens is 1. The molecule has 0 unspecified atom stereocenters. The molecule has 0 radical (unpaired) electrons. The van der Waals surface area contributed by atoms with Crippen LogP contribution in [-0.2, 0) is 0 Å². The fourth-order valence-corrected chi connectivity index (χ4v) is 2.39. The Morgan fingerprint density at radius 3 is 2.65 bits per heavy atom. The molecule has 0 saturated heterocycles. The van der Waals surface area contributed by atoms with Gasteiger partial charge in [0.15, 0.2) is 0 Å². The van der Waals surface area contributed by atoms with Crippen molar-refractivity contribution in [1.29, 1.82) is 0 Å². The molecule has 0 bridgehead atoms. The molecule has 1 aromatic rings. The van der Waals surface area contributed by atoms with E-state index in [0.29, 0.717) is 11.2 Å². The van der Waals surface area contributed by atoms with E-state index in [1.165, 1.54) is 12.1 Å². The Morgan fingerprint density at radius 1 is 1.45 bits per heavy atom. The van der Waals surface area contributed by atoms with Crippen LogP contribution in [-0.4, -0.2) is 16.0 Å². The van der Waals surface area contributed by atoms with Gasteiger partial charge >= 0.3 is 5.69 Å². The largest absolute Gasteiger partial charge is 0.469 e. The lowest BCUT2D eigenvalue weighted by Crippen LogP contribution is -2.28. The molecule has 0 aromatic carbocycles. The van der Waals surface area contributed by atoms with Gasteiger partial charge in [-0.1, -0.05) is 13.8 Å². The lowest BCUT2D eigenvalue weighted by Gasteiger charge is -2.33. The van der Waals surface area contributed by atoms with E-state index in [-0.39, 0.29) is 17.7 Å². The zero-order valence-corrected chi connectivity index (χ0v) is 11.8. The van der Waals surface area contributed by atoms with E-state index in [2.05, 4.69) is 24.3 Å². The molecule has 20 heavy (non-hydrogen) atoms. The lowest BCUT2D eigenvalue weighted by molar-refractivity contribution is -0.386. The Bertz CT molecular complexity index is 494. The van der Waals surface area contributed by atoms with Crippen LogP contribution >= 0.6 is 0 Å². The highest BCUT2D eigenvalue weighted by Gasteiger charge is 2.29. The Hall–Kier alpha value is -1.89. The Morgan fingerprint density at radius 2 is 2.10 bits per heavy atom. The predicted molar refractivity (Wildman–Crippen MR) is 75.4 cm³/mol. The number of nitrogens with two attached hydrogens (primary N) is 1. The molecule has 1 saturated carbocycles. The summed E-state index contributed by atoms with van der Waals surface area (Å²) in [4.78, 5) is 14.6. The van der Waals surface area contributed by atoms with Crippen molar-refractivity contribution in [3.8, 4) is 5.88 Å². The average molecular weight is 280 g/mol. The summed E-state index contributed by atoms with van der Waals surface area (Å²) in [6, 6.07) is 2.80. The second-order valence-corrected chi connectivity index (χ2v) is 5.90. The Balaban J connectivity index is 2.14. The van der Waals surface area contributed by atoms with E-state index in [9.17, 15) is 10.1 Å². The quantitative estimate of drug-likeness (QED) is 0.499.